The van der Waals surface area contributed by atoms with Gasteiger partial charge in [0.25, 0.3) is 0 Å². The van der Waals surface area contributed by atoms with Crippen molar-refractivity contribution in [3.8, 4) is 5.75 Å². The van der Waals surface area contributed by atoms with E-state index in [1.807, 2.05) is 10.9 Å². The molecule has 120 valence electrons. The predicted molar refractivity (Wildman–Crippen MR) is 83.7 cm³/mol. The first-order valence-electron chi connectivity index (χ1n) is 8.02. The Kier molecular flexibility index (Phi) is 5.65. The first-order chi connectivity index (χ1) is 9.96. The molecular formula is C16H29N3O2. The third kappa shape index (κ3) is 5.67. The normalized spacial score (nSPS) is 22.7. The molecule has 0 bridgehead atoms. The van der Waals surface area contributed by atoms with Crippen LogP contribution in [0.3, 0.4) is 0 Å². The SMILES string of the molecule is CCCn1cc(OCC2CCC(CNC(C)(C)C)O2)cn1. The Balaban J connectivity index is 1.67. The molecule has 21 heavy (non-hydrogen) atoms. The fraction of sp³-hybridized carbons (Fsp3) is 0.812. The molecule has 1 aliphatic rings. The van der Waals surface area contributed by atoms with Gasteiger partial charge in [-0.2, -0.15) is 5.10 Å². The van der Waals surface area contributed by atoms with Crippen molar-refractivity contribution in [2.24, 2.45) is 0 Å². The first kappa shape index (κ1) is 16.3. The Morgan fingerprint density at radius 3 is 2.86 bits per heavy atom. The minimum Gasteiger partial charge on any atom is -0.488 e. The zero-order chi connectivity index (χ0) is 15.3. The van der Waals surface area contributed by atoms with Crippen LogP contribution in [0.5, 0.6) is 5.75 Å². The molecule has 2 rings (SSSR count). The Bertz CT molecular complexity index is 425. The van der Waals surface area contributed by atoms with E-state index >= 15 is 0 Å². The van der Waals surface area contributed by atoms with E-state index in [-0.39, 0.29) is 11.6 Å². The van der Waals surface area contributed by atoms with Crippen LogP contribution in [0.2, 0.25) is 0 Å². The van der Waals surface area contributed by atoms with Crippen LogP contribution >= 0.6 is 0 Å². The van der Waals surface area contributed by atoms with Gasteiger partial charge in [-0.05, 0) is 40.0 Å². The van der Waals surface area contributed by atoms with Crippen LogP contribution in [0.4, 0.5) is 0 Å². The highest BCUT2D eigenvalue weighted by Crippen LogP contribution is 2.21. The molecule has 0 radical (unpaired) electrons. The summed E-state index contributed by atoms with van der Waals surface area (Å²) in [6, 6.07) is 0. The van der Waals surface area contributed by atoms with Crippen molar-refractivity contribution < 1.29 is 9.47 Å². The lowest BCUT2D eigenvalue weighted by Crippen LogP contribution is -2.41. The number of hydrogen-bond acceptors (Lipinski definition) is 4. The quantitative estimate of drug-likeness (QED) is 0.840. The van der Waals surface area contributed by atoms with Gasteiger partial charge in [0, 0.05) is 18.6 Å². The molecule has 0 aromatic carbocycles. The lowest BCUT2D eigenvalue weighted by molar-refractivity contribution is 0.0162. The topological polar surface area (TPSA) is 48.3 Å². The van der Waals surface area contributed by atoms with Crippen molar-refractivity contribution in [2.45, 2.75) is 71.2 Å². The molecule has 1 N–H and O–H groups in total. The molecule has 1 aromatic rings. The van der Waals surface area contributed by atoms with Gasteiger partial charge in [0.15, 0.2) is 5.75 Å². The summed E-state index contributed by atoms with van der Waals surface area (Å²) in [7, 11) is 0. The molecule has 0 aliphatic carbocycles. The van der Waals surface area contributed by atoms with E-state index in [0.29, 0.717) is 12.7 Å². The Hall–Kier alpha value is -1.07. The maximum Gasteiger partial charge on any atom is 0.157 e. The van der Waals surface area contributed by atoms with Crippen LogP contribution in [0.15, 0.2) is 12.4 Å². The molecule has 1 aromatic heterocycles. The zero-order valence-corrected chi connectivity index (χ0v) is 13.8. The van der Waals surface area contributed by atoms with Crippen molar-refractivity contribution in [1.82, 2.24) is 15.1 Å². The molecule has 5 nitrogen and oxygen atoms in total. The van der Waals surface area contributed by atoms with E-state index in [2.05, 4.69) is 38.1 Å². The van der Waals surface area contributed by atoms with Gasteiger partial charge in [-0.3, -0.25) is 4.68 Å². The van der Waals surface area contributed by atoms with Crippen LogP contribution in [-0.4, -0.2) is 40.7 Å². The van der Waals surface area contributed by atoms with Crippen molar-refractivity contribution >= 4 is 0 Å². The standard InChI is InChI=1S/C16H29N3O2/c1-5-8-19-11-15(10-18-19)20-12-14-7-6-13(21-14)9-17-16(2,3)4/h10-11,13-14,17H,5-9,12H2,1-4H3. The highest BCUT2D eigenvalue weighted by atomic mass is 16.5. The van der Waals surface area contributed by atoms with Gasteiger partial charge < -0.3 is 14.8 Å². The van der Waals surface area contributed by atoms with Crippen LogP contribution < -0.4 is 10.1 Å². The average Bonchev–Trinajstić information content (AvgIpc) is 3.02. The number of nitrogens with zero attached hydrogens (tertiary/aromatic N) is 2. The third-order valence-corrected chi connectivity index (χ3v) is 3.55. The molecule has 2 atom stereocenters. The Morgan fingerprint density at radius 2 is 2.14 bits per heavy atom. The first-order valence-corrected chi connectivity index (χ1v) is 8.02. The fourth-order valence-electron chi connectivity index (χ4n) is 2.43. The molecular weight excluding hydrogens is 266 g/mol. The lowest BCUT2D eigenvalue weighted by Gasteiger charge is -2.23. The summed E-state index contributed by atoms with van der Waals surface area (Å²) in [5, 5.41) is 7.76. The van der Waals surface area contributed by atoms with Gasteiger partial charge >= 0.3 is 0 Å². The lowest BCUT2D eigenvalue weighted by atomic mass is 10.1. The average molecular weight is 295 g/mol. The summed E-state index contributed by atoms with van der Waals surface area (Å²) >= 11 is 0. The summed E-state index contributed by atoms with van der Waals surface area (Å²) in [6.45, 7) is 11.1. The summed E-state index contributed by atoms with van der Waals surface area (Å²) < 4.78 is 13.7. The van der Waals surface area contributed by atoms with E-state index in [0.717, 1.165) is 38.1 Å². The minimum atomic E-state index is 0.145. The summed E-state index contributed by atoms with van der Waals surface area (Å²) in [4.78, 5) is 0. The predicted octanol–water partition coefficient (Wildman–Crippen LogP) is 2.61. The second-order valence-corrected chi connectivity index (χ2v) is 6.84. The second-order valence-electron chi connectivity index (χ2n) is 6.84. The summed E-state index contributed by atoms with van der Waals surface area (Å²) in [5.41, 5.74) is 0.145. The maximum absolute atomic E-state index is 6.02. The Labute approximate surface area is 128 Å². The molecule has 5 heteroatoms. The molecule has 0 spiro atoms. The summed E-state index contributed by atoms with van der Waals surface area (Å²) in [5.74, 6) is 0.836. The van der Waals surface area contributed by atoms with E-state index < -0.39 is 0 Å². The van der Waals surface area contributed by atoms with Crippen molar-refractivity contribution in [1.29, 1.82) is 0 Å². The highest BCUT2D eigenvalue weighted by molar-refractivity contribution is 5.11. The van der Waals surface area contributed by atoms with Crippen molar-refractivity contribution in [3.63, 3.8) is 0 Å². The second kappa shape index (κ2) is 7.27. The number of hydrogen-bond donors (Lipinski definition) is 1. The van der Waals surface area contributed by atoms with Gasteiger partial charge in [-0.25, -0.2) is 0 Å². The van der Waals surface area contributed by atoms with E-state index in [1.54, 1.807) is 6.20 Å². The van der Waals surface area contributed by atoms with Crippen LogP contribution in [-0.2, 0) is 11.3 Å². The minimum absolute atomic E-state index is 0.145. The zero-order valence-electron chi connectivity index (χ0n) is 13.8. The van der Waals surface area contributed by atoms with Crippen LogP contribution in [0.1, 0.15) is 47.0 Å². The molecule has 1 fully saturated rings. The number of aryl methyl sites for hydroxylation is 1. The molecule has 1 aliphatic heterocycles. The van der Waals surface area contributed by atoms with E-state index in [1.165, 1.54) is 0 Å². The Morgan fingerprint density at radius 1 is 1.38 bits per heavy atom. The van der Waals surface area contributed by atoms with Gasteiger partial charge in [-0.15, -0.1) is 0 Å². The van der Waals surface area contributed by atoms with E-state index in [4.69, 9.17) is 9.47 Å². The van der Waals surface area contributed by atoms with Crippen molar-refractivity contribution in [2.75, 3.05) is 13.2 Å². The van der Waals surface area contributed by atoms with Gasteiger partial charge in [0.1, 0.15) is 6.61 Å². The van der Waals surface area contributed by atoms with Crippen molar-refractivity contribution in [3.05, 3.63) is 12.4 Å². The van der Waals surface area contributed by atoms with Crippen LogP contribution in [0, 0.1) is 0 Å². The largest absolute Gasteiger partial charge is 0.488 e. The fourth-order valence-corrected chi connectivity index (χ4v) is 2.43. The molecule has 2 heterocycles. The highest BCUT2D eigenvalue weighted by Gasteiger charge is 2.26. The van der Waals surface area contributed by atoms with Gasteiger partial charge in [0.05, 0.1) is 24.6 Å². The molecule has 2 unspecified atom stereocenters. The smallest absolute Gasteiger partial charge is 0.157 e. The molecule has 1 saturated heterocycles. The van der Waals surface area contributed by atoms with E-state index in [9.17, 15) is 0 Å². The number of aromatic nitrogens is 2. The maximum atomic E-state index is 6.02. The summed E-state index contributed by atoms with van der Waals surface area (Å²) in [6.07, 6.45) is 7.49. The number of ether oxygens (including phenoxy) is 2. The molecule has 0 saturated carbocycles. The van der Waals surface area contributed by atoms with Gasteiger partial charge in [-0.1, -0.05) is 6.92 Å². The third-order valence-electron chi connectivity index (χ3n) is 3.55. The van der Waals surface area contributed by atoms with Gasteiger partial charge in [0.2, 0.25) is 0 Å². The molecule has 0 amide bonds. The monoisotopic (exact) mass is 295 g/mol. The number of rotatable bonds is 7. The number of nitrogens with one attached hydrogen (secondary N) is 1. The van der Waals surface area contributed by atoms with Crippen LogP contribution in [0.25, 0.3) is 0 Å².